The zero-order chi connectivity index (χ0) is 21.8. The van der Waals surface area contributed by atoms with E-state index >= 15 is 0 Å². The van der Waals surface area contributed by atoms with Gasteiger partial charge in [0.1, 0.15) is 5.78 Å². The van der Waals surface area contributed by atoms with Crippen molar-refractivity contribution >= 4 is 17.6 Å². The summed E-state index contributed by atoms with van der Waals surface area (Å²) in [7, 11) is 0. The van der Waals surface area contributed by atoms with E-state index in [4.69, 9.17) is 0 Å². The first-order valence-electron chi connectivity index (χ1n) is 11.5. The van der Waals surface area contributed by atoms with Crippen molar-refractivity contribution in [2.24, 2.45) is 11.8 Å². The minimum absolute atomic E-state index is 0. The highest BCUT2D eigenvalue weighted by atomic mass is 16.2. The zero-order valence-corrected chi connectivity index (χ0v) is 19.4. The number of hydrogen-bond acceptors (Lipinski definition) is 3. The topological polar surface area (TPSA) is 75.3 Å². The molecule has 2 N–H and O–H groups in total. The Morgan fingerprint density at radius 3 is 1.89 bits per heavy atom. The molecule has 1 saturated carbocycles. The molecule has 0 spiro atoms. The summed E-state index contributed by atoms with van der Waals surface area (Å²) in [5.41, 5.74) is 0. The Kier molecular flexibility index (Phi) is 20.9. The molecule has 0 aromatic rings. The van der Waals surface area contributed by atoms with Crippen LogP contribution < -0.4 is 10.6 Å². The van der Waals surface area contributed by atoms with E-state index in [0.29, 0.717) is 37.5 Å². The second-order valence-corrected chi connectivity index (χ2v) is 7.40. The third-order valence-electron chi connectivity index (χ3n) is 4.61. The Morgan fingerprint density at radius 2 is 1.43 bits per heavy atom. The van der Waals surface area contributed by atoms with Crippen LogP contribution in [0.1, 0.15) is 109 Å². The molecule has 1 aliphatic carbocycles. The van der Waals surface area contributed by atoms with E-state index in [1.54, 1.807) is 0 Å². The van der Waals surface area contributed by atoms with Gasteiger partial charge in [0.25, 0.3) is 0 Å². The Bertz CT molecular complexity index is 413. The number of amides is 2. The van der Waals surface area contributed by atoms with Crippen molar-refractivity contribution in [1.29, 1.82) is 0 Å². The maximum absolute atomic E-state index is 11.5. The van der Waals surface area contributed by atoms with Crippen LogP contribution in [0, 0.1) is 11.8 Å². The van der Waals surface area contributed by atoms with Crippen LogP contribution in [0.15, 0.2) is 0 Å². The fraction of sp³-hybridized carbons (Fsp3) is 0.870. The van der Waals surface area contributed by atoms with Crippen molar-refractivity contribution in [3.63, 3.8) is 0 Å². The van der Waals surface area contributed by atoms with Crippen LogP contribution in [0.2, 0.25) is 0 Å². The number of nitrogens with one attached hydrogen (secondary N) is 2. The number of carbonyl (C=O) groups is 3. The van der Waals surface area contributed by atoms with E-state index in [1.807, 2.05) is 34.6 Å². The van der Waals surface area contributed by atoms with E-state index in [-0.39, 0.29) is 20.6 Å². The number of carbonyl (C=O) groups excluding carboxylic acids is 3. The molecule has 1 fully saturated rings. The van der Waals surface area contributed by atoms with Gasteiger partial charge in [-0.3, -0.25) is 14.4 Å². The average Bonchev–Trinajstić information content (AvgIpc) is 2.70. The Hall–Kier alpha value is -1.39. The molecular formula is C23H50N2O3. The van der Waals surface area contributed by atoms with E-state index in [2.05, 4.69) is 17.6 Å². The second-order valence-electron chi connectivity index (χ2n) is 7.40. The van der Waals surface area contributed by atoms with Crippen LogP contribution in [-0.2, 0) is 14.4 Å². The van der Waals surface area contributed by atoms with Gasteiger partial charge in [0, 0.05) is 40.6 Å². The predicted octanol–water partition coefficient (Wildman–Crippen LogP) is 5.52. The molecule has 0 saturated heterocycles. The molecule has 0 aromatic heterocycles. The molecule has 5 nitrogen and oxygen atoms in total. The third kappa shape index (κ3) is 16.8. The molecule has 0 bridgehead atoms. The van der Waals surface area contributed by atoms with Crippen molar-refractivity contribution in [3.05, 3.63) is 0 Å². The molecule has 0 heterocycles. The number of rotatable bonds is 10. The van der Waals surface area contributed by atoms with Gasteiger partial charge in [-0.1, -0.05) is 60.3 Å². The highest BCUT2D eigenvalue weighted by Gasteiger charge is 2.22. The van der Waals surface area contributed by atoms with Gasteiger partial charge in [-0.15, -0.1) is 0 Å². The summed E-state index contributed by atoms with van der Waals surface area (Å²) in [5, 5.41) is 5.52. The molecule has 1 aliphatic rings. The first kappa shape index (κ1) is 28.8. The highest BCUT2D eigenvalue weighted by molar-refractivity contribution is 5.82. The average molecular weight is 403 g/mol. The van der Waals surface area contributed by atoms with Crippen LogP contribution >= 0.6 is 0 Å². The molecule has 2 amide bonds. The van der Waals surface area contributed by atoms with Gasteiger partial charge in [-0.2, -0.15) is 0 Å². The molecule has 0 unspecified atom stereocenters. The lowest BCUT2D eigenvalue weighted by Crippen LogP contribution is -2.25. The van der Waals surface area contributed by atoms with Crippen LogP contribution in [0.3, 0.4) is 0 Å². The summed E-state index contributed by atoms with van der Waals surface area (Å²) in [6, 6.07) is 0. The lowest BCUT2D eigenvalue weighted by atomic mass is 9.83. The summed E-state index contributed by atoms with van der Waals surface area (Å²) < 4.78 is 0. The Labute approximate surface area is 176 Å². The van der Waals surface area contributed by atoms with Crippen molar-refractivity contribution in [2.45, 2.75) is 106 Å². The molecule has 1 rings (SSSR count). The molecule has 0 atom stereocenters. The van der Waals surface area contributed by atoms with Crippen LogP contribution in [0.25, 0.3) is 0 Å². The Balaban J connectivity index is -0.000000201. The molecule has 5 heteroatoms. The molecule has 0 radical (unpaired) electrons. The first-order chi connectivity index (χ1) is 13.4. The van der Waals surface area contributed by atoms with E-state index in [1.165, 1.54) is 19.3 Å². The van der Waals surface area contributed by atoms with Crippen molar-refractivity contribution in [2.75, 3.05) is 13.1 Å². The van der Waals surface area contributed by atoms with E-state index < -0.39 is 0 Å². The van der Waals surface area contributed by atoms with Gasteiger partial charge in [-0.05, 0) is 32.6 Å². The van der Waals surface area contributed by atoms with Gasteiger partial charge < -0.3 is 10.6 Å². The van der Waals surface area contributed by atoms with E-state index in [9.17, 15) is 14.4 Å². The normalized spacial score (nSPS) is 13.5. The van der Waals surface area contributed by atoms with Crippen molar-refractivity contribution in [3.8, 4) is 0 Å². The smallest absolute Gasteiger partial charge is 0.220 e. The standard InChI is InChI=1S/C11H22N2O2.C10H18O.C2H6.2H2/c1-3-5-9-13-11(15)8-6-7-10(14)12-4-2;1-8(2)10(11)9-6-4-3-5-7-9;1-2;;/h3-9H2,1-2H3,(H,12,14)(H,13,15);8-9H,3-7H2,1-2H3;1-2H3;2*1H. The van der Waals surface area contributed by atoms with Gasteiger partial charge in [0.2, 0.25) is 11.8 Å². The summed E-state index contributed by atoms with van der Waals surface area (Å²) in [6.07, 6.45) is 9.78. The van der Waals surface area contributed by atoms with Crippen LogP contribution in [0.4, 0.5) is 0 Å². The lowest BCUT2D eigenvalue weighted by molar-refractivity contribution is -0.127. The summed E-state index contributed by atoms with van der Waals surface area (Å²) in [4.78, 5) is 33.8. The lowest BCUT2D eigenvalue weighted by Gasteiger charge is -2.21. The fourth-order valence-electron chi connectivity index (χ4n) is 3.05. The SMILES string of the molecule is CC.CC(C)C(=O)C1CCCCC1.CCCCNC(=O)CCCC(=O)NCC.[HH].[HH]. The van der Waals surface area contributed by atoms with Crippen LogP contribution in [0.5, 0.6) is 0 Å². The highest BCUT2D eigenvalue weighted by Crippen LogP contribution is 2.26. The maximum atomic E-state index is 11.5. The largest absolute Gasteiger partial charge is 0.356 e. The van der Waals surface area contributed by atoms with Gasteiger partial charge in [0.05, 0.1) is 0 Å². The molecular weight excluding hydrogens is 352 g/mol. The molecule has 0 aromatic carbocycles. The zero-order valence-electron chi connectivity index (χ0n) is 19.4. The minimum atomic E-state index is 0. The van der Waals surface area contributed by atoms with Crippen molar-refractivity contribution < 1.29 is 17.2 Å². The molecule has 170 valence electrons. The number of Topliss-reactive ketones (excluding diaryl/α,β-unsaturated/α-hetero) is 1. The first-order valence-corrected chi connectivity index (χ1v) is 11.5. The number of unbranched alkanes of at least 4 members (excludes halogenated alkanes) is 1. The molecule has 28 heavy (non-hydrogen) atoms. The second kappa shape index (κ2) is 20.3. The van der Waals surface area contributed by atoms with E-state index in [0.717, 1.165) is 32.2 Å². The summed E-state index contributed by atoms with van der Waals surface area (Å²) in [5.74, 6) is 1.22. The number of ketones is 1. The molecule has 0 aliphatic heterocycles. The minimum Gasteiger partial charge on any atom is -0.356 e. The number of hydrogen-bond donors (Lipinski definition) is 2. The Morgan fingerprint density at radius 1 is 0.893 bits per heavy atom. The summed E-state index contributed by atoms with van der Waals surface area (Å²) >= 11 is 0. The van der Waals surface area contributed by atoms with Gasteiger partial charge in [-0.25, -0.2) is 0 Å². The quantitative estimate of drug-likeness (QED) is 0.472. The summed E-state index contributed by atoms with van der Waals surface area (Å²) in [6.45, 7) is 13.4. The third-order valence-corrected chi connectivity index (χ3v) is 4.61. The van der Waals surface area contributed by atoms with Gasteiger partial charge in [0.15, 0.2) is 0 Å². The predicted molar refractivity (Wildman–Crippen MR) is 122 cm³/mol. The fourth-order valence-corrected chi connectivity index (χ4v) is 3.05. The monoisotopic (exact) mass is 402 g/mol. The van der Waals surface area contributed by atoms with Gasteiger partial charge >= 0.3 is 0 Å². The maximum Gasteiger partial charge on any atom is 0.220 e. The van der Waals surface area contributed by atoms with Crippen molar-refractivity contribution in [1.82, 2.24) is 10.6 Å². The van der Waals surface area contributed by atoms with Crippen LogP contribution in [-0.4, -0.2) is 30.7 Å².